The maximum absolute atomic E-state index is 13.1. The Hall–Kier alpha value is -3.19. The van der Waals surface area contributed by atoms with Crippen LogP contribution in [0, 0.1) is 5.41 Å². The number of ether oxygens (including phenoxy) is 3. The van der Waals surface area contributed by atoms with Crippen molar-refractivity contribution in [2.24, 2.45) is 5.41 Å². The van der Waals surface area contributed by atoms with E-state index in [1.165, 1.54) is 6.07 Å². The van der Waals surface area contributed by atoms with Crippen molar-refractivity contribution < 1.29 is 41.8 Å². The summed E-state index contributed by atoms with van der Waals surface area (Å²) in [7, 11) is -4.19. The monoisotopic (exact) mass is 557 g/mol. The fourth-order valence-electron chi connectivity index (χ4n) is 2.84. The Morgan fingerprint density at radius 3 is 2.16 bits per heavy atom. The summed E-state index contributed by atoms with van der Waals surface area (Å²) >= 11 is 0. The molecule has 0 aliphatic carbocycles. The fourth-order valence-corrected chi connectivity index (χ4v) is 4.33. The summed E-state index contributed by atoms with van der Waals surface area (Å²) in [5.74, 6) is -2.24. The highest BCUT2D eigenvalue weighted by molar-refractivity contribution is 7.89. The van der Waals surface area contributed by atoms with Gasteiger partial charge >= 0.3 is 18.0 Å². The van der Waals surface area contributed by atoms with Crippen molar-refractivity contribution in [1.82, 2.24) is 15.4 Å². The van der Waals surface area contributed by atoms with E-state index in [0.717, 1.165) is 0 Å². The zero-order valence-electron chi connectivity index (χ0n) is 23.0. The van der Waals surface area contributed by atoms with Crippen molar-refractivity contribution >= 4 is 34.0 Å². The average molecular weight is 558 g/mol. The van der Waals surface area contributed by atoms with Crippen LogP contribution in [-0.2, 0) is 45.0 Å². The molecule has 0 bridgehead atoms. The maximum atomic E-state index is 13.1. The van der Waals surface area contributed by atoms with Crippen LogP contribution in [0.4, 0.5) is 4.79 Å². The van der Waals surface area contributed by atoms with Crippen LogP contribution in [0.1, 0.15) is 60.5 Å². The van der Waals surface area contributed by atoms with Gasteiger partial charge in [-0.15, -0.1) is 0 Å². The molecule has 0 unspecified atom stereocenters. The zero-order chi connectivity index (χ0) is 29.1. The Kier molecular flexibility index (Phi) is 12.2. The molecule has 3 N–H and O–H groups in total. The second-order valence-electron chi connectivity index (χ2n) is 10.4. The van der Waals surface area contributed by atoms with Gasteiger partial charge in [0.2, 0.25) is 22.7 Å². The molecule has 0 saturated carbocycles. The highest BCUT2D eigenvalue weighted by Crippen LogP contribution is 2.17. The van der Waals surface area contributed by atoms with E-state index in [1.807, 2.05) is 0 Å². The molecule has 2 amide bonds. The minimum atomic E-state index is -4.19. The number of benzene rings is 1. The summed E-state index contributed by atoms with van der Waals surface area (Å²) in [6.07, 6.45) is -0.426. The Balaban J connectivity index is 2.87. The predicted octanol–water partition coefficient (Wildman–Crippen LogP) is 2.02. The molecule has 12 nitrogen and oxygen atoms in total. The number of carbonyl (C=O) groups is 4. The van der Waals surface area contributed by atoms with Gasteiger partial charge in [-0.25, -0.2) is 13.2 Å². The van der Waals surface area contributed by atoms with Gasteiger partial charge in [0.05, 0.1) is 10.3 Å². The van der Waals surface area contributed by atoms with Crippen LogP contribution in [0.5, 0.6) is 0 Å². The summed E-state index contributed by atoms with van der Waals surface area (Å²) in [5, 5.41) is 4.88. The van der Waals surface area contributed by atoms with Crippen LogP contribution in [0.15, 0.2) is 29.2 Å². The zero-order valence-corrected chi connectivity index (χ0v) is 23.8. The summed E-state index contributed by atoms with van der Waals surface area (Å²) < 4.78 is 43.4. The van der Waals surface area contributed by atoms with E-state index < -0.39 is 64.4 Å². The topological polar surface area (TPSA) is 166 Å². The molecule has 0 spiro atoms. The first-order chi connectivity index (χ1) is 17.5. The molecule has 1 atom stereocenters. The van der Waals surface area contributed by atoms with Gasteiger partial charge in [-0.2, -0.15) is 4.72 Å². The van der Waals surface area contributed by atoms with Gasteiger partial charge in [0, 0.05) is 19.5 Å². The number of sulfonamides is 1. The molecule has 0 radical (unpaired) electrons. The van der Waals surface area contributed by atoms with E-state index in [1.54, 1.807) is 66.7 Å². The molecule has 0 aromatic heterocycles. The number of amides is 2. The van der Waals surface area contributed by atoms with Crippen LogP contribution in [0.25, 0.3) is 0 Å². The summed E-state index contributed by atoms with van der Waals surface area (Å²) in [6.45, 7) is 10.5. The third kappa shape index (κ3) is 11.9. The molecule has 0 aliphatic rings. The second-order valence-corrected chi connectivity index (χ2v) is 12.1. The van der Waals surface area contributed by atoms with E-state index in [4.69, 9.17) is 14.2 Å². The summed E-state index contributed by atoms with van der Waals surface area (Å²) in [5.41, 5.74) is -1.00. The third-order valence-corrected chi connectivity index (χ3v) is 6.32. The van der Waals surface area contributed by atoms with Crippen molar-refractivity contribution in [3.8, 4) is 0 Å². The maximum Gasteiger partial charge on any atom is 0.407 e. The van der Waals surface area contributed by atoms with E-state index >= 15 is 0 Å². The lowest BCUT2D eigenvalue weighted by Gasteiger charge is -2.21. The number of rotatable bonds is 12. The smallest absolute Gasteiger partial charge is 0.407 e. The summed E-state index contributed by atoms with van der Waals surface area (Å²) in [6, 6.07) is 4.76. The number of nitrogens with one attached hydrogen (secondary N) is 3. The quantitative estimate of drug-likeness (QED) is 0.257. The summed E-state index contributed by atoms with van der Waals surface area (Å²) in [4.78, 5) is 48.6. The largest absolute Gasteiger partial charge is 0.444 e. The standard InChI is InChI=1S/C25H39N3O9S/c1-8-17-11-9-10-12-19(17)38(33,34)28-18(21(30)35-16-36-22(31)24(2,3)4)15-27-20(29)13-14-26-23(32)37-25(5,6)7/h9-12,18,28H,8,13-16H2,1-7H3,(H,26,32)(H,27,29)/t18-/m0/s1. The molecule has 0 heterocycles. The van der Waals surface area contributed by atoms with Gasteiger partial charge in [0.1, 0.15) is 11.6 Å². The first-order valence-electron chi connectivity index (χ1n) is 12.1. The van der Waals surface area contributed by atoms with Crippen LogP contribution in [0.3, 0.4) is 0 Å². The van der Waals surface area contributed by atoms with E-state index in [0.29, 0.717) is 12.0 Å². The Morgan fingerprint density at radius 2 is 1.58 bits per heavy atom. The van der Waals surface area contributed by atoms with Crippen LogP contribution in [0.2, 0.25) is 0 Å². The van der Waals surface area contributed by atoms with Crippen LogP contribution in [-0.4, -0.2) is 63.9 Å². The minimum Gasteiger partial charge on any atom is -0.444 e. The van der Waals surface area contributed by atoms with Gasteiger partial charge in [-0.1, -0.05) is 25.1 Å². The lowest BCUT2D eigenvalue weighted by atomic mass is 9.98. The molecule has 0 fully saturated rings. The van der Waals surface area contributed by atoms with Crippen molar-refractivity contribution in [2.75, 3.05) is 19.9 Å². The third-order valence-electron chi connectivity index (χ3n) is 4.75. The Bertz CT molecular complexity index is 1090. The number of carbonyl (C=O) groups excluding carboxylic acids is 4. The molecule has 1 aromatic carbocycles. The normalized spacial score (nSPS) is 12.7. The van der Waals surface area contributed by atoms with Crippen LogP contribution >= 0.6 is 0 Å². The highest BCUT2D eigenvalue weighted by Gasteiger charge is 2.30. The molecule has 214 valence electrons. The fraction of sp³-hybridized carbons (Fsp3) is 0.600. The number of hydrogen-bond donors (Lipinski definition) is 3. The molecular weight excluding hydrogens is 518 g/mol. The van der Waals surface area contributed by atoms with Gasteiger partial charge in [-0.05, 0) is 59.6 Å². The van der Waals surface area contributed by atoms with Gasteiger partial charge in [0.25, 0.3) is 0 Å². The molecular formula is C25H39N3O9S. The first kappa shape index (κ1) is 32.8. The Morgan fingerprint density at radius 1 is 0.947 bits per heavy atom. The highest BCUT2D eigenvalue weighted by atomic mass is 32.2. The second kappa shape index (κ2) is 14.1. The van der Waals surface area contributed by atoms with Crippen molar-refractivity contribution in [3.63, 3.8) is 0 Å². The molecule has 38 heavy (non-hydrogen) atoms. The number of alkyl carbamates (subject to hydrolysis) is 1. The number of hydrogen-bond acceptors (Lipinski definition) is 9. The molecule has 0 saturated heterocycles. The molecule has 0 aliphatic heterocycles. The van der Waals surface area contributed by atoms with Crippen molar-refractivity contribution in [1.29, 1.82) is 0 Å². The lowest BCUT2D eigenvalue weighted by molar-refractivity contribution is -0.174. The molecule has 1 rings (SSSR count). The van der Waals surface area contributed by atoms with Crippen molar-refractivity contribution in [3.05, 3.63) is 29.8 Å². The van der Waals surface area contributed by atoms with E-state index in [2.05, 4.69) is 15.4 Å². The van der Waals surface area contributed by atoms with Gasteiger partial charge < -0.3 is 24.8 Å². The number of esters is 2. The van der Waals surface area contributed by atoms with Crippen molar-refractivity contribution in [2.45, 2.75) is 77.8 Å². The average Bonchev–Trinajstić information content (AvgIpc) is 2.79. The molecule has 13 heteroatoms. The Labute approximate surface area is 224 Å². The minimum absolute atomic E-state index is 0.0210. The van der Waals surface area contributed by atoms with E-state index in [9.17, 15) is 27.6 Å². The SMILES string of the molecule is CCc1ccccc1S(=O)(=O)N[C@@H](CNC(=O)CCNC(=O)OC(C)(C)C)C(=O)OCOC(=O)C(C)(C)C. The van der Waals surface area contributed by atoms with Crippen LogP contribution < -0.4 is 15.4 Å². The van der Waals surface area contributed by atoms with E-state index in [-0.39, 0.29) is 17.9 Å². The predicted molar refractivity (Wildman–Crippen MR) is 138 cm³/mol. The number of aryl methyl sites for hydroxylation is 1. The lowest BCUT2D eigenvalue weighted by Crippen LogP contribution is -2.49. The van der Waals surface area contributed by atoms with Gasteiger partial charge in [-0.3, -0.25) is 14.4 Å². The first-order valence-corrected chi connectivity index (χ1v) is 13.6. The molecule has 1 aromatic rings. The van der Waals surface area contributed by atoms with Gasteiger partial charge in [0.15, 0.2) is 0 Å².